The van der Waals surface area contributed by atoms with Crippen molar-refractivity contribution >= 4 is 17.4 Å². The van der Waals surface area contributed by atoms with Crippen LogP contribution in [-0.4, -0.2) is 10.9 Å². The van der Waals surface area contributed by atoms with Gasteiger partial charge in [-0.15, -0.1) is 0 Å². The molecule has 0 bridgehead atoms. The van der Waals surface area contributed by atoms with Gasteiger partial charge in [0.25, 0.3) is 0 Å². The van der Waals surface area contributed by atoms with Gasteiger partial charge >= 0.3 is 0 Å². The van der Waals surface area contributed by atoms with E-state index in [1.165, 1.54) is 0 Å². The van der Waals surface area contributed by atoms with Crippen molar-refractivity contribution in [1.82, 2.24) is 0 Å². The van der Waals surface area contributed by atoms with Gasteiger partial charge < -0.3 is 5.11 Å². The quantitative estimate of drug-likeness (QED) is 0.823. The minimum Gasteiger partial charge on any atom is -0.507 e. The SMILES string of the molecule is Cc1c(Cl)ccc(C(=O)c2ccccc2)c1O. The third-order valence-corrected chi connectivity index (χ3v) is 3.05. The molecule has 0 spiro atoms. The van der Waals surface area contributed by atoms with E-state index >= 15 is 0 Å². The van der Waals surface area contributed by atoms with Crippen molar-refractivity contribution in [3.05, 3.63) is 64.2 Å². The fraction of sp³-hybridized carbons (Fsp3) is 0.0714. The van der Waals surface area contributed by atoms with E-state index in [-0.39, 0.29) is 17.1 Å². The first-order valence-corrected chi connectivity index (χ1v) is 5.57. The minimum absolute atomic E-state index is 0.0497. The van der Waals surface area contributed by atoms with E-state index in [0.29, 0.717) is 16.1 Å². The number of benzene rings is 2. The molecule has 17 heavy (non-hydrogen) atoms. The monoisotopic (exact) mass is 246 g/mol. The number of phenols is 1. The average Bonchev–Trinajstić information content (AvgIpc) is 2.36. The van der Waals surface area contributed by atoms with Crippen molar-refractivity contribution in [1.29, 1.82) is 0 Å². The Kier molecular flexibility index (Phi) is 3.16. The number of halogens is 1. The summed E-state index contributed by atoms with van der Waals surface area (Å²) in [6.45, 7) is 1.68. The molecule has 0 unspecified atom stereocenters. The Morgan fingerprint density at radius 3 is 2.41 bits per heavy atom. The number of phenolic OH excluding ortho intramolecular Hbond substituents is 1. The number of carbonyl (C=O) groups excluding carboxylic acids is 1. The second-order valence-corrected chi connectivity index (χ2v) is 4.17. The molecule has 3 heteroatoms. The van der Waals surface area contributed by atoms with Gasteiger partial charge in [0.2, 0.25) is 0 Å². The third-order valence-electron chi connectivity index (χ3n) is 2.65. The van der Waals surface area contributed by atoms with Gasteiger partial charge in [0.15, 0.2) is 5.78 Å². The zero-order chi connectivity index (χ0) is 12.4. The lowest BCUT2D eigenvalue weighted by molar-refractivity contribution is 0.103. The number of aromatic hydroxyl groups is 1. The summed E-state index contributed by atoms with van der Waals surface area (Å²) >= 11 is 5.87. The standard InChI is InChI=1S/C14H11ClO2/c1-9-12(15)8-7-11(13(9)16)14(17)10-5-3-2-4-6-10/h2-8,16H,1H3. The molecule has 0 fully saturated rings. The first-order valence-electron chi connectivity index (χ1n) is 5.19. The highest BCUT2D eigenvalue weighted by atomic mass is 35.5. The maximum Gasteiger partial charge on any atom is 0.196 e. The van der Waals surface area contributed by atoms with Crippen LogP contribution in [-0.2, 0) is 0 Å². The zero-order valence-corrected chi connectivity index (χ0v) is 10.0. The van der Waals surface area contributed by atoms with Crippen molar-refractivity contribution < 1.29 is 9.90 Å². The normalized spacial score (nSPS) is 10.2. The van der Waals surface area contributed by atoms with E-state index in [2.05, 4.69) is 0 Å². The summed E-state index contributed by atoms with van der Waals surface area (Å²) in [5.74, 6) is -0.255. The topological polar surface area (TPSA) is 37.3 Å². The molecular weight excluding hydrogens is 236 g/mol. The molecule has 0 atom stereocenters. The van der Waals surface area contributed by atoms with Crippen molar-refractivity contribution in [3.8, 4) is 5.75 Å². The Hall–Kier alpha value is -1.80. The average molecular weight is 247 g/mol. The molecule has 0 aliphatic rings. The van der Waals surface area contributed by atoms with Crippen LogP contribution in [0.2, 0.25) is 5.02 Å². The first-order chi connectivity index (χ1) is 8.11. The van der Waals surface area contributed by atoms with Gasteiger partial charge in [-0.3, -0.25) is 4.79 Å². The maximum absolute atomic E-state index is 12.1. The van der Waals surface area contributed by atoms with Crippen LogP contribution in [0.3, 0.4) is 0 Å². The highest BCUT2D eigenvalue weighted by Crippen LogP contribution is 2.29. The number of carbonyl (C=O) groups is 1. The van der Waals surface area contributed by atoms with Gasteiger partial charge in [0.05, 0.1) is 5.56 Å². The second kappa shape index (κ2) is 4.60. The molecule has 0 aliphatic carbocycles. The predicted molar refractivity (Wildman–Crippen MR) is 67.7 cm³/mol. The van der Waals surface area contributed by atoms with E-state index in [1.807, 2.05) is 6.07 Å². The summed E-state index contributed by atoms with van der Waals surface area (Å²) in [5.41, 5.74) is 1.34. The van der Waals surface area contributed by atoms with Crippen molar-refractivity contribution in [2.75, 3.05) is 0 Å². The van der Waals surface area contributed by atoms with Gasteiger partial charge in [-0.25, -0.2) is 0 Å². The van der Waals surface area contributed by atoms with Crippen molar-refractivity contribution in [2.24, 2.45) is 0 Å². The summed E-state index contributed by atoms with van der Waals surface area (Å²) in [6, 6.07) is 12.0. The molecule has 0 heterocycles. The van der Waals surface area contributed by atoms with Gasteiger partial charge in [-0.1, -0.05) is 41.9 Å². The Bertz CT molecular complexity index is 562. The summed E-state index contributed by atoms with van der Waals surface area (Å²) in [5, 5.41) is 10.4. The summed E-state index contributed by atoms with van der Waals surface area (Å²) < 4.78 is 0. The predicted octanol–water partition coefficient (Wildman–Crippen LogP) is 3.59. The fourth-order valence-corrected chi connectivity index (χ4v) is 1.76. The number of hydrogen-bond acceptors (Lipinski definition) is 2. The Morgan fingerprint density at radius 2 is 1.76 bits per heavy atom. The van der Waals surface area contributed by atoms with Crippen LogP contribution in [0.25, 0.3) is 0 Å². The maximum atomic E-state index is 12.1. The smallest absolute Gasteiger partial charge is 0.196 e. The van der Waals surface area contributed by atoms with Crippen LogP contribution in [0.4, 0.5) is 0 Å². The zero-order valence-electron chi connectivity index (χ0n) is 9.27. The van der Waals surface area contributed by atoms with Crippen LogP contribution in [0, 0.1) is 6.92 Å². The third kappa shape index (κ3) is 2.17. The highest BCUT2D eigenvalue weighted by molar-refractivity contribution is 6.31. The number of hydrogen-bond donors (Lipinski definition) is 1. The van der Waals surface area contributed by atoms with Crippen LogP contribution >= 0.6 is 11.6 Å². The first kappa shape index (κ1) is 11.7. The number of rotatable bonds is 2. The van der Waals surface area contributed by atoms with Gasteiger partial charge in [-0.2, -0.15) is 0 Å². The molecule has 0 aliphatic heterocycles. The molecule has 0 saturated carbocycles. The minimum atomic E-state index is -0.206. The Balaban J connectivity index is 2.49. The van der Waals surface area contributed by atoms with Crippen molar-refractivity contribution in [3.63, 3.8) is 0 Å². The van der Waals surface area contributed by atoms with Crippen molar-refractivity contribution in [2.45, 2.75) is 6.92 Å². The summed E-state index contributed by atoms with van der Waals surface area (Å²) in [6.07, 6.45) is 0. The van der Waals surface area contributed by atoms with Crippen LogP contribution in [0.5, 0.6) is 5.75 Å². The molecule has 0 radical (unpaired) electrons. The molecule has 0 aromatic heterocycles. The summed E-state index contributed by atoms with van der Waals surface area (Å²) in [4.78, 5) is 12.1. The lowest BCUT2D eigenvalue weighted by atomic mass is 10.0. The second-order valence-electron chi connectivity index (χ2n) is 3.76. The lowest BCUT2D eigenvalue weighted by Crippen LogP contribution is -2.02. The molecule has 2 nitrogen and oxygen atoms in total. The van der Waals surface area contributed by atoms with Gasteiger partial charge in [0.1, 0.15) is 5.75 Å². The van der Waals surface area contributed by atoms with Crippen LogP contribution < -0.4 is 0 Å². The van der Waals surface area contributed by atoms with Crippen LogP contribution in [0.1, 0.15) is 21.5 Å². The Morgan fingerprint density at radius 1 is 1.12 bits per heavy atom. The van der Waals surface area contributed by atoms with Gasteiger partial charge in [0, 0.05) is 16.1 Å². The molecule has 2 aromatic rings. The molecule has 1 N–H and O–H groups in total. The van der Waals surface area contributed by atoms with E-state index in [4.69, 9.17) is 11.6 Å². The largest absolute Gasteiger partial charge is 0.507 e. The molecule has 2 rings (SSSR count). The summed E-state index contributed by atoms with van der Waals surface area (Å²) in [7, 11) is 0. The molecule has 2 aromatic carbocycles. The highest BCUT2D eigenvalue weighted by Gasteiger charge is 2.15. The van der Waals surface area contributed by atoms with Gasteiger partial charge in [-0.05, 0) is 19.1 Å². The molecule has 0 saturated heterocycles. The lowest BCUT2D eigenvalue weighted by Gasteiger charge is -2.07. The molecular formula is C14H11ClO2. The van der Waals surface area contributed by atoms with E-state index in [1.54, 1.807) is 43.3 Å². The van der Waals surface area contributed by atoms with Crippen LogP contribution in [0.15, 0.2) is 42.5 Å². The van der Waals surface area contributed by atoms with E-state index in [9.17, 15) is 9.90 Å². The fourth-order valence-electron chi connectivity index (χ4n) is 1.60. The van der Waals surface area contributed by atoms with E-state index < -0.39 is 0 Å². The van der Waals surface area contributed by atoms with E-state index in [0.717, 1.165) is 0 Å². The Labute approximate surface area is 104 Å². The molecule has 0 amide bonds. The molecule has 86 valence electrons. The number of ketones is 1.